The third kappa shape index (κ3) is 5.30. The summed E-state index contributed by atoms with van der Waals surface area (Å²) in [4.78, 5) is 41.8. The number of carbonyl (C=O) groups is 3. The van der Waals surface area contributed by atoms with E-state index in [0.717, 1.165) is 6.42 Å². The fourth-order valence-electron chi connectivity index (χ4n) is 5.34. The summed E-state index contributed by atoms with van der Waals surface area (Å²) in [6.07, 6.45) is 2.23. The molecule has 2 saturated heterocycles. The lowest BCUT2D eigenvalue weighted by Crippen LogP contribution is -2.50. The van der Waals surface area contributed by atoms with Gasteiger partial charge in [0.2, 0.25) is 11.8 Å². The van der Waals surface area contributed by atoms with Gasteiger partial charge in [0.1, 0.15) is 6.10 Å². The number of carbonyl (C=O) groups excluding carboxylic acids is 3. The standard InChI is InChI=1S/C24H33N3O6/c1-26(24(30)33-19-10-12-32-15-19)18-7-8-20(21(13-18)22(28)25-31)23(29)27-11-9-17(14-27)16-5-3-2-4-6-16/h2-6,17-21,31H,7-15H2,1H3,(H,25,28). The molecule has 0 bridgehead atoms. The minimum atomic E-state index is -0.706. The van der Waals surface area contributed by atoms with Crippen LogP contribution in [0.4, 0.5) is 4.79 Å². The smallest absolute Gasteiger partial charge is 0.410 e. The van der Waals surface area contributed by atoms with Gasteiger partial charge < -0.3 is 19.3 Å². The first-order valence-corrected chi connectivity index (χ1v) is 11.8. The number of likely N-dealkylation sites (tertiary alicyclic amines) is 1. The van der Waals surface area contributed by atoms with Crippen LogP contribution in [0.1, 0.15) is 43.6 Å². The highest BCUT2D eigenvalue weighted by Crippen LogP contribution is 2.36. The van der Waals surface area contributed by atoms with Crippen LogP contribution in [0.5, 0.6) is 0 Å². The molecule has 4 rings (SSSR count). The number of nitrogens with one attached hydrogen (secondary N) is 1. The molecule has 9 nitrogen and oxygen atoms in total. The van der Waals surface area contributed by atoms with Crippen molar-refractivity contribution in [2.75, 3.05) is 33.4 Å². The van der Waals surface area contributed by atoms with Gasteiger partial charge in [-0.05, 0) is 31.2 Å². The molecule has 1 saturated carbocycles. The summed E-state index contributed by atoms with van der Waals surface area (Å²) in [5.74, 6) is -1.56. The van der Waals surface area contributed by atoms with Crippen LogP contribution in [0.15, 0.2) is 30.3 Å². The Morgan fingerprint density at radius 3 is 2.61 bits per heavy atom. The van der Waals surface area contributed by atoms with Crippen molar-refractivity contribution < 1.29 is 29.1 Å². The molecule has 1 aliphatic carbocycles. The van der Waals surface area contributed by atoms with Crippen LogP contribution >= 0.6 is 0 Å². The molecule has 0 aromatic heterocycles. The molecule has 3 aliphatic rings. The zero-order valence-corrected chi connectivity index (χ0v) is 19.0. The van der Waals surface area contributed by atoms with E-state index in [1.54, 1.807) is 12.5 Å². The van der Waals surface area contributed by atoms with Gasteiger partial charge in [-0.25, -0.2) is 10.3 Å². The SMILES string of the molecule is CN(C(=O)OC1CCOC1)C1CCC(C(=O)N2CCC(c3ccccc3)C2)C(C(=O)NO)C1. The molecule has 0 spiro atoms. The van der Waals surface area contributed by atoms with Crippen molar-refractivity contribution in [3.05, 3.63) is 35.9 Å². The molecule has 0 radical (unpaired) electrons. The predicted molar refractivity (Wildman–Crippen MR) is 118 cm³/mol. The predicted octanol–water partition coefficient (Wildman–Crippen LogP) is 2.15. The number of amides is 3. The van der Waals surface area contributed by atoms with E-state index in [0.29, 0.717) is 52.0 Å². The number of ether oxygens (including phenoxy) is 2. The van der Waals surface area contributed by atoms with Gasteiger partial charge in [0.05, 0.1) is 19.1 Å². The summed E-state index contributed by atoms with van der Waals surface area (Å²) >= 11 is 0. The van der Waals surface area contributed by atoms with Crippen molar-refractivity contribution in [2.24, 2.45) is 11.8 Å². The quantitative estimate of drug-likeness (QED) is 0.516. The minimum Gasteiger partial charge on any atom is -0.444 e. The van der Waals surface area contributed by atoms with E-state index >= 15 is 0 Å². The Kier molecular flexibility index (Phi) is 7.49. The van der Waals surface area contributed by atoms with E-state index in [-0.39, 0.29) is 24.0 Å². The first kappa shape index (κ1) is 23.5. The summed E-state index contributed by atoms with van der Waals surface area (Å²) in [6.45, 7) is 2.26. The maximum atomic E-state index is 13.4. The summed E-state index contributed by atoms with van der Waals surface area (Å²) in [5, 5.41) is 9.32. The normalized spacial score (nSPS) is 29.5. The van der Waals surface area contributed by atoms with Gasteiger partial charge in [-0.15, -0.1) is 0 Å². The van der Waals surface area contributed by atoms with Crippen LogP contribution in [0.2, 0.25) is 0 Å². The van der Waals surface area contributed by atoms with Crippen molar-refractivity contribution in [3.63, 3.8) is 0 Å². The number of hydrogen-bond donors (Lipinski definition) is 2. The molecule has 2 heterocycles. The molecule has 3 fully saturated rings. The zero-order valence-electron chi connectivity index (χ0n) is 19.0. The molecule has 180 valence electrons. The van der Waals surface area contributed by atoms with E-state index in [1.165, 1.54) is 10.5 Å². The molecule has 33 heavy (non-hydrogen) atoms. The van der Waals surface area contributed by atoms with Gasteiger partial charge in [-0.1, -0.05) is 30.3 Å². The molecule has 3 amide bonds. The number of benzene rings is 1. The third-order valence-electron chi connectivity index (χ3n) is 7.35. The molecule has 2 aliphatic heterocycles. The van der Waals surface area contributed by atoms with Gasteiger partial charge >= 0.3 is 6.09 Å². The summed E-state index contributed by atoms with van der Waals surface area (Å²) < 4.78 is 10.7. The molecule has 1 aromatic rings. The van der Waals surface area contributed by atoms with Crippen molar-refractivity contribution >= 4 is 17.9 Å². The van der Waals surface area contributed by atoms with Gasteiger partial charge in [-0.2, -0.15) is 0 Å². The van der Waals surface area contributed by atoms with E-state index in [9.17, 15) is 19.6 Å². The monoisotopic (exact) mass is 459 g/mol. The first-order valence-electron chi connectivity index (χ1n) is 11.8. The van der Waals surface area contributed by atoms with Crippen LogP contribution < -0.4 is 5.48 Å². The van der Waals surface area contributed by atoms with Crippen molar-refractivity contribution in [2.45, 2.75) is 50.2 Å². The number of hydrogen-bond acceptors (Lipinski definition) is 6. The van der Waals surface area contributed by atoms with E-state index in [4.69, 9.17) is 9.47 Å². The van der Waals surface area contributed by atoms with Crippen LogP contribution in [-0.4, -0.2) is 78.4 Å². The third-order valence-corrected chi connectivity index (χ3v) is 7.35. The summed E-state index contributed by atoms with van der Waals surface area (Å²) in [6, 6.07) is 9.90. The second kappa shape index (κ2) is 10.5. The van der Waals surface area contributed by atoms with Crippen LogP contribution in [-0.2, 0) is 19.1 Å². The van der Waals surface area contributed by atoms with Gasteiger partial charge in [0, 0.05) is 44.4 Å². The van der Waals surface area contributed by atoms with Crippen LogP contribution in [0.3, 0.4) is 0 Å². The average molecular weight is 460 g/mol. The maximum Gasteiger partial charge on any atom is 0.410 e. The molecule has 9 heteroatoms. The average Bonchev–Trinajstić information content (AvgIpc) is 3.55. The van der Waals surface area contributed by atoms with E-state index in [2.05, 4.69) is 12.1 Å². The molecule has 2 N–H and O–H groups in total. The summed E-state index contributed by atoms with van der Waals surface area (Å²) in [7, 11) is 1.66. The fourth-order valence-corrected chi connectivity index (χ4v) is 5.34. The van der Waals surface area contributed by atoms with Crippen LogP contribution in [0.25, 0.3) is 0 Å². The van der Waals surface area contributed by atoms with E-state index < -0.39 is 23.8 Å². The first-order chi connectivity index (χ1) is 16.0. The molecular formula is C24H33N3O6. The molecule has 1 aromatic carbocycles. The second-order valence-corrected chi connectivity index (χ2v) is 9.32. The maximum absolute atomic E-state index is 13.4. The van der Waals surface area contributed by atoms with Crippen molar-refractivity contribution in [1.82, 2.24) is 15.3 Å². The Morgan fingerprint density at radius 2 is 1.91 bits per heavy atom. The summed E-state index contributed by atoms with van der Waals surface area (Å²) in [5.41, 5.74) is 2.95. The largest absolute Gasteiger partial charge is 0.444 e. The lowest BCUT2D eigenvalue weighted by atomic mass is 9.75. The van der Waals surface area contributed by atoms with Gasteiger partial charge in [-0.3, -0.25) is 14.8 Å². The van der Waals surface area contributed by atoms with Crippen molar-refractivity contribution in [1.29, 1.82) is 0 Å². The number of nitrogens with zero attached hydrogens (tertiary/aromatic N) is 2. The van der Waals surface area contributed by atoms with Crippen molar-refractivity contribution in [3.8, 4) is 0 Å². The Hall–Kier alpha value is -2.65. The molecular weight excluding hydrogens is 426 g/mol. The highest BCUT2D eigenvalue weighted by atomic mass is 16.6. The van der Waals surface area contributed by atoms with Gasteiger partial charge in [0.25, 0.3) is 0 Å². The van der Waals surface area contributed by atoms with E-state index in [1.807, 2.05) is 23.1 Å². The fraction of sp³-hybridized carbons (Fsp3) is 0.625. The highest BCUT2D eigenvalue weighted by Gasteiger charge is 2.44. The number of hydroxylamine groups is 1. The lowest BCUT2D eigenvalue weighted by molar-refractivity contribution is -0.147. The highest BCUT2D eigenvalue weighted by molar-refractivity contribution is 5.87. The minimum absolute atomic E-state index is 0.0474. The topological polar surface area (TPSA) is 108 Å². The van der Waals surface area contributed by atoms with Gasteiger partial charge in [0.15, 0.2) is 0 Å². The Morgan fingerprint density at radius 1 is 1.12 bits per heavy atom. The Balaban J connectivity index is 1.39. The lowest BCUT2D eigenvalue weighted by Gasteiger charge is -2.39. The number of rotatable bonds is 5. The Labute approximate surface area is 194 Å². The molecule has 5 unspecified atom stereocenters. The Bertz CT molecular complexity index is 844. The molecule has 5 atom stereocenters. The zero-order chi connectivity index (χ0) is 23.4. The second-order valence-electron chi connectivity index (χ2n) is 9.32. The van der Waals surface area contributed by atoms with Crippen LogP contribution in [0, 0.1) is 11.8 Å².